The molecule has 3 aliphatic rings. The van der Waals surface area contributed by atoms with Crippen molar-refractivity contribution in [3.63, 3.8) is 0 Å². The highest BCUT2D eigenvalue weighted by Crippen LogP contribution is 2.60. The molecule has 0 spiro atoms. The van der Waals surface area contributed by atoms with Gasteiger partial charge in [-0.05, 0) is 158 Å². The fourth-order valence-electron chi connectivity index (χ4n) is 11.0. The molecule has 6 aromatic carbocycles. The number of nitrogens with zero attached hydrogens (tertiary/aromatic N) is 6. The van der Waals surface area contributed by atoms with Gasteiger partial charge in [-0.3, -0.25) is 9.97 Å². The molecule has 0 unspecified atom stereocenters. The number of hydrogen-bond donors (Lipinski definition) is 0. The topological polar surface area (TPSA) is 38.7 Å². The Morgan fingerprint density at radius 2 is 0.820 bits per heavy atom. The molecule has 0 amide bonds. The van der Waals surface area contributed by atoms with Crippen LogP contribution in [0, 0.1) is 41.5 Å². The minimum Gasteiger partial charge on any atom is -0.321 e. The lowest BCUT2D eigenvalue weighted by Crippen LogP contribution is -2.59. The number of aryl methyl sites for hydroxylation is 6. The van der Waals surface area contributed by atoms with Gasteiger partial charge in [-0.25, -0.2) is 0 Å². The third kappa shape index (κ3) is 5.55. The number of para-hydroxylation sites is 4. The third-order valence-corrected chi connectivity index (χ3v) is 13.2. The maximum atomic E-state index is 4.88. The summed E-state index contributed by atoms with van der Waals surface area (Å²) >= 11 is 0. The maximum absolute atomic E-state index is 4.88. The molecule has 0 N–H and O–H groups in total. The van der Waals surface area contributed by atoms with Gasteiger partial charge in [0.15, 0.2) is 5.66 Å². The van der Waals surface area contributed by atoms with Crippen LogP contribution in [-0.2, 0) is 5.66 Å². The summed E-state index contributed by atoms with van der Waals surface area (Å²) in [7, 11) is 0. The van der Waals surface area contributed by atoms with Crippen LogP contribution in [0.15, 0.2) is 158 Å². The quantitative estimate of drug-likeness (QED) is 0.167. The van der Waals surface area contributed by atoms with E-state index in [2.05, 4.69) is 207 Å². The zero-order valence-electron chi connectivity index (χ0n) is 35.6. The number of anilines is 6. The Morgan fingerprint density at radius 1 is 0.426 bits per heavy atom. The average molecular weight is 793 g/mol. The van der Waals surface area contributed by atoms with Crippen molar-refractivity contribution in [3.05, 3.63) is 203 Å². The van der Waals surface area contributed by atoms with Gasteiger partial charge in [-0.1, -0.05) is 83.9 Å². The smallest absolute Gasteiger partial charge is 0.173 e. The maximum Gasteiger partial charge on any atom is 0.173 e. The van der Waals surface area contributed by atoms with E-state index >= 15 is 0 Å². The number of hydrogen-bond acceptors (Lipinski definition) is 6. The van der Waals surface area contributed by atoms with Crippen LogP contribution in [0.4, 0.5) is 34.1 Å². The van der Waals surface area contributed by atoms with Crippen LogP contribution in [0.25, 0.3) is 33.4 Å². The van der Waals surface area contributed by atoms with Crippen LogP contribution in [0.5, 0.6) is 0 Å². The number of fused-ring (bicyclic) bond motifs is 5. The predicted molar refractivity (Wildman–Crippen MR) is 252 cm³/mol. The van der Waals surface area contributed by atoms with E-state index in [9.17, 15) is 0 Å². The minimum absolute atomic E-state index is 0.609. The van der Waals surface area contributed by atoms with Gasteiger partial charge in [0.05, 0.1) is 36.1 Å². The lowest BCUT2D eigenvalue weighted by atomic mass is 9.93. The Bertz CT molecular complexity index is 2800. The highest BCUT2D eigenvalue weighted by molar-refractivity contribution is 5.94. The minimum atomic E-state index is -0.813. The molecular weight excluding hydrogens is 745 g/mol. The monoisotopic (exact) mass is 792 g/mol. The van der Waals surface area contributed by atoms with Crippen molar-refractivity contribution in [2.45, 2.75) is 47.2 Å². The largest absolute Gasteiger partial charge is 0.321 e. The molecule has 8 aromatic rings. The number of aromatic nitrogens is 2. The van der Waals surface area contributed by atoms with Gasteiger partial charge in [0.1, 0.15) is 0 Å². The average Bonchev–Trinajstić information content (AvgIpc) is 3.93. The molecule has 6 nitrogen and oxygen atoms in total. The van der Waals surface area contributed by atoms with Crippen molar-refractivity contribution in [2.75, 3.05) is 32.9 Å². The van der Waals surface area contributed by atoms with Gasteiger partial charge in [-0.2, -0.15) is 0 Å². The molecular formula is C55H48N6. The molecule has 2 aromatic heterocycles. The van der Waals surface area contributed by atoms with Crippen molar-refractivity contribution < 1.29 is 0 Å². The second-order valence-corrected chi connectivity index (χ2v) is 17.1. The molecule has 0 radical (unpaired) electrons. The number of rotatable bonds is 6. The molecule has 4 heterocycles. The molecule has 61 heavy (non-hydrogen) atoms. The van der Waals surface area contributed by atoms with Crippen LogP contribution < -0.4 is 19.6 Å². The Morgan fingerprint density at radius 3 is 1.23 bits per heavy atom. The second-order valence-electron chi connectivity index (χ2n) is 17.1. The van der Waals surface area contributed by atoms with Gasteiger partial charge in [0, 0.05) is 47.3 Å². The van der Waals surface area contributed by atoms with Crippen LogP contribution >= 0.6 is 0 Å². The van der Waals surface area contributed by atoms with E-state index in [4.69, 9.17) is 9.97 Å². The molecule has 11 rings (SSSR count). The summed E-state index contributed by atoms with van der Waals surface area (Å²) in [6.45, 7) is 14.5. The van der Waals surface area contributed by atoms with Crippen molar-refractivity contribution in [1.29, 1.82) is 0 Å². The van der Waals surface area contributed by atoms with Gasteiger partial charge < -0.3 is 19.6 Å². The standard InChI is InChI=1S/C55H48N6/c1-35-25-37(3)53(38(4)26-35)41-13-11-15-43(29-41)58-33-60(51-19-9-7-17-49(51)58)55(47-31-56-23-21-45(47)46-22-24-57-32-48(46)55)61-34-59(50-18-8-10-20-52(50)61)44-16-12-14-42(30-44)54-39(5)27-36(2)28-40(54)6/h7-32H,33-34H2,1-6H3. The summed E-state index contributed by atoms with van der Waals surface area (Å²) in [5.41, 5.74) is 23.6. The fourth-order valence-corrected chi connectivity index (χ4v) is 11.0. The summed E-state index contributed by atoms with van der Waals surface area (Å²) < 4.78 is 0. The van der Waals surface area contributed by atoms with E-state index in [1.165, 1.54) is 78.1 Å². The zero-order chi connectivity index (χ0) is 41.6. The molecule has 0 saturated carbocycles. The lowest BCUT2D eigenvalue weighted by molar-refractivity contribution is 0.470. The normalized spacial score (nSPS) is 14.6. The summed E-state index contributed by atoms with van der Waals surface area (Å²) in [5.74, 6) is 0. The second kappa shape index (κ2) is 14.0. The molecule has 0 atom stereocenters. The zero-order valence-corrected chi connectivity index (χ0v) is 35.6. The van der Waals surface area contributed by atoms with Gasteiger partial charge in [0.25, 0.3) is 0 Å². The Hall–Kier alpha value is -7.18. The first kappa shape index (κ1) is 36.9. The molecule has 0 saturated heterocycles. The first-order valence-corrected chi connectivity index (χ1v) is 21.3. The van der Waals surface area contributed by atoms with Crippen molar-refractivity contribution in [2.24, 2.45) is 0 Å². The van der Waals surface area contributed by atoms with Crippen LogP contribution in [0.3, 0.4) is 0 Å². The van der Waals surface area contributed by atoms with Crippen LogP contribution in [0.1, 0.15) is 44.5 Å². The highest BCUT2D eigenvalue weighted by atomic mass is 15.5. The fraction of sp³-hybridized carbons (Fsp3) is 0.164. The Balaban J connectivity index is 1.10. The van der Waals surface area contributed by atoms with E-state index in [-0.39, 0.29) is 0 Å². The highest BCUT2D eigenvalue weighted by Gasteiger charge is 2.57. The molecule has 6 heteroatoms. The number of pyridine rings is 2. The van der Waals surface area contributed by atoms with E-state index in [0.717, 1.165) is 33.9 Å². The van der Waals surface area contributed by atoms with E-state index < -0.39 is 5.66 Å². The van der Waals surface area contributed by atoms with Crippen molar-refractivity contribution in [1.82, 2.24) is 9.97 Å². The van der Waals surface area contributed by atoms with Gasteiger partial charge >= 0.3 is 0 Å². The number of benzene rings is 6. The first-order valence-electron chi connectivity index (χ1n) is 21.3. The summed E-state index contributed by atoms with van der Waals surface area (Å²) in [6, 6.07) is 49.5. The summed E-state index contributed by atoms with van der Waals surface area (Å²) in [5, 5.41) is 0. The van der Waals surface area contributed by atoms with E-state index in [1.807, 2.05) is 12.4 Å². The van der Waals surface area contributed by atoms with Crippen LogP contribution in [0.2, 0.25) is 0 Å². The van der Waals surface area contributed by atoms with Crippen molar-refractivity contribution >= 4 is 34.1 Å². The predicted octanol–water partition coefficient (Wildman–Crippen LogP) is 13.1. The molecule has 0 fully saturated rings. The van der Waals surface area contributed by atoms with Crippen molar-refractivity contribution in [3.8, 4) is 33.4 Å². The Kier molecular flexibility index (Phi) is 8.43. The SMILES string of the molecule is Cc1cc(C)c(-c2cccc(N3CN(C4(N5CN(c6cccc(-c7c(C)cc(C)cc7C)c6)c6ccccc65)c5cnccc5-c5ccncc54)c4ccccc43)c2)c(C)c1. The Labute approximate surface area is 359 Å². The molecule has 1 aliphatic carbocycles. The molecule has 298 valence electrons. The summed E-state index contributed by atoms with van der Waals surface area (Å²) in [4.78, 5) is 20.0. The lowest BCUT2D eigenvalue weighted by Gasteiger charge is -2.48. The van der Waals surface area contributed by atoms with Gasteiger partial charge in [0.2, 0.25) is 0 Å². The van der Waals surface area contributed by atoms with E-state index in [1.54, 1.807) is 0 Å². The third-order valence-electron chi connectivity index (χ3n) is 13.2. The first-order chi connectivity index (χ1) is 29.7. The van der Waals surface area contributed by atoms with Crippen LogP contribution in [-0.4, -0.2) is 23.3 Å². The van der Waals surface area contributed by atoms with E-state index in [0.29, 0.717) is 13.3 Å². The molecule has 0 bridgehead atoms. The molecule has 2 aliphatic heterocycles. The summed E-state index contributed by atoms with van der Waals surface area (Å²) in [6.07, 6.45) is 8.04. The van der Waals surface area contributed by atoms with Gasteiger partial charge in [-0.15, -0.1) is 0 Å².